The van der Waals surface area contributed by atoms with E-state index in [-0.39, 0.29) is 0 Å². The minimum atomic E-state index is -0.591. The van der Waals surface area contributed by atoms with Gasteiger partial charge in [-0.1, -0.05) is 0 Å². The molecular weight excluding hydrogens is 168 g/mol. The summed E-state index contributed by atoms with van der Waals surface area (Å²) in [4.78, 5) is 4.10. The summed E-state index contributed by atoms with van der Waals surface area (Å²) in [6.45, 7) is 1.86. The van der Waals surface area contributed by atoms with Gasteiger partial charge in [0.25, 0.3) is 0 Å². The van der Waals surface area contributed by atoms with Crippen LogP contribution in [0.4, 0.5) is 5.95 Å². The van der Waals surface area contributed by atoms with Crippen LogP contribution in [0.2, 0.25) is 0 Å². The minimum absolute atomic E-state index is 0.546. The highest BCUT2D eigenvalue weighted by Crippen LogP contribution is 2.11. The predicted octanol–water partition coefficient (Wildman–Crippen LogP) is -0.834. The largest absolute Gasteiger partial charge is 0.385 e. The molecule has 1 aromatic heterocycles. The number of aryl methyl sites for hydroxylation is 1. The SMILES string of the molecule is Cn1ccnc1NCC1(O)CNC1. The van der Waals surface area contributed by atoms with Gasteiger partial charge in [0.1, 0.15) is 5.60 Å². The van der Waals surface area contributed by atoms with Crippen LogP contribution in [0.25, 0.3) is 0 Å². The summed E-state index contributed by atoms with van der Waals surface area (Å²) in [5.74, 6) is 0.792. The maximum Gasteiger partial charge on any atom is 0.202 e. The fraction of sp³-hybridized carbons (Fsp3) is 0.625. The molecular formula is C8H14N4O. The molecule has 2 heterocycles. The lowest BCUT2D eigenvalue weighted by atomic mass is 9.98. The first kappa shape index (κ1) is 8.52. The third kappa shape index (κ3) is 1.66. The molecule has 0 spiro atoms. The topological polar surface area (TPSA) is 62.1 Å². The summed E-state index contributed by atoms with van der Waals surface area (Å²) in [7, 11) is 1.92. The van der Waals surface area contributed by atoms with Crippen molar-refractivity contribution in [2.45, 2.75) is 5.60 Å². The van der Waals surface area contributed by atoms with Gasteiger partial charge in [0.15, 0.2) is 0 Å². The molecule has 13 heavy (non-hydrogen) atoms. The van der Waals surface area contributed by atoms with Crippen molar-refractivity contribution in [3.63, 3.8) is 0 Å². The molecule has 1 aliphatic heterocycles. The van der Waals surface area contributed by atoms with E-state index < -0.39 is 5.60 Å². The Balaban J connectivity index is 1.89. The van der Waals surface area contributed by atoms with Crippen LogP contribution in [0.5, 0.6) is 0 Å². The third-order valence-corrected chi connectivity index (χ3v) is 2.30. The molecule has 0 radical (unpaired) electrons. The Morgan fingerprint density at radius 2 is 2.54 bits per heavy atom. The van der Waals surface area contributed by atoms with Gasteiger partial charge in [-0.3, -0.25) is 0 Å². The van der Waals surface area contributed by atoms with E-state index in [4.69, 9.17) is 0 Å². The summed E-state index contributed by atoms with van der Waals surface area (Å²) in [5, 5.41) is 15.9. The van der Waals surface area contributed by atoms with Crippen molar-refractivity contribution in [1.82, 2.24) is 14.9 Å². The number of nitrogens with zero attached hydrogens (tertiary/aromatic N) is 2. The summed E-state index contributed by atoms with van der Waals surface area (Å²) in [5.41, 5.74) is -0.591. The Hall–Kier alpha value is -1.07. The van der Waals surface area contributed by atoms with Crippen molar-refractivity contribution >= 4 is 5.95 Å². The maximum absolute atomic E-state index is 9.74. The maximum atomic E-state index is 9.74. The van der Waals surface area contributed by atoms with Gasteiger partial charge in [0, 0.05) is 39.1 Å². The fourth-order valence-electron chi connectivity index (χ4n) is 1.32. The molecule has 1 aliphatic rings. The number of imidazole rings is 1. The van der Waals surface area contributed by atoms with E-state index >= 15 is 0 Å². The van der Waals surface area contributed by atoms with Gasteiger partial charge in [-0.15, -0.1) is 0 Å². The summed E-state index contributed by atoms with van der Waals surface area (Å²) < 4.78 is 1.88. The number of aliphatic hydroxyl groups is 1. The lowest BCUT2D eigenvalue weighted by Gasteiger charge is -2.37. The number of aromatic nitrogens is 2. The quantitative estimate of drug-likeness (QED) is 0.571. The van der Waals surface area contributed by atoms with Crippen LogP contribution in [0.1, 0.15) is 0 Å². The van der Waals surface area contributed by atoms with Crippen LogP contribution >= 0.6 is 0 Å². The van der Waals surface area contributed by atoms with Gasteiger partial charge in [0.05, 0.1) is 0 Å². The Labute approximate surface area is 76.8 Å². The van der Waals surface area contributed by atoms with Crippen LogP contribution in [-0.4, -0.2) is 39.9 Å². The lowest BCUT2D eigenvalue weighted by molar-refractivity contribution is 0.00295. The minimum Gasteiger partial charge on any atom is -0.385 e. The molecule has 1 fully saturated rings. The summed E-state index contributed by atoms with van der Waals surface area (Å²) in [6, 6.07) is 0. The van der Waals surface area contributed by atoms with Crippen molar-refractivity contribution in [3.8, 4) is 0 Å². The summed E-state index contributed by atoms with van der Waals surface area (Å²) in [6.07, 6.45) is 3.59. The third-order valence-electron chi connectivity index (χ3n) is 2.30. The Kier molecular flexibility index (Phi) is 1.97. The average Bonchev–Trinajstić information content (AvgIpc) is 2.44. The number of hydrogen-bond donors (Lipinski definition) is 3. The Bertz CT molecular complexity index is 292. The Morgan fingerprint density at radius 1 is 1.77 bits per heavy atom. The lowest BCUT2D eigenvalue weighted by Crippen LogP contribution is -2.63. The smallest absolute Gasteiger partial charge is 0.202 e. The van der Waals surface area contributed by atoms with Gasteiger partial charge in [-0.05, 0) is 0 Å². The fourth-order valence-corrected chi connectivity index (χ4v) is 1.32. The standard InChI is InChI=1S/C8H14N4O/c1-12-3-2-10-7(12)11-6-8(13)4-9-5-8/h2-3,9,13H,4-6H2,1H3,(H,10,11). The van der Waals surface area contributed by atoms with Crippen LogP contribution in [-0.2, 0) is 7.05 Å². The van der Waals surface area contributed by atoms with Gasteiger partial charge < -0.3 is 20.3 Å². The van der Waals surface area contributed by atoms with E-state index in [2.05, 4.69) is 15.6 Å². The monoisotopic (exact) mass is 182 g/mol. The second-order valence-corrected chi connectivity index (χ2v) is 3.54. The number of rotatable bonds is 3. The van der Waals surface area contributed by atoms with Crippen molar-refractivity contribution in [1.29, 1.82) is 0 Å². The summed E-state index contributed by atoms with van der Waals surface area (Å²) >= 11 is 0. The zero-order valence-corrected chi connectivity index (χ0v) is 7.62. The van der Waals surface area contributed by atoms with E-state index in [1.54, 1.807) is 6.20 Å². The van der Waals surface area contributed by atoms with Gasteiger partial charge in [-0.2, -0.15) is 0 Å². The molecule has 1 aromatic rings. The van der Waals surface area contributed by atoms with Crippen LogP contribution in [0.15, 0.2) is 12.4 Å². The molecule has 0 saturated carbocycles. The first-order valence-corrected chi connectivity index (χ1v) is 4.34. The zero-order valence-electron chi connectivity index (χ0n) is 7.62. The number of anilines is 1. The van der Waals surface area contributed by atoms with Crippen molar-refractivity contribution in [3.05, 3.63) is 12.4 Å². The van der Waals surface area contributed by atoms with Crippen LogP contribution < -0.4 is 10.6 Å². The molecule has 5 nitrogen and oxygen atoms in total. The van der Waals surface area contributed by atoms with E-state index in [1.807, 2.05) is 17.8 Å². The van der Waals surface area contributed by atoms with E-state index in [9.17, 15) is 5.11 Å². The Morgan fingerprint density at radius 3 is 3.00 bits per heavy atom. The molecule has 0 aliphatic carbocycles. The highest BCUT2D eigenvalue weighted by atomic mass is 16.3. The van der Waals surface area contributed by atoms with Crippen molar-refractivity contribution in [2.24, 2.45) is 7.05 Å². The molecule has 0 amide bonds. The van der Waals surface area contributed by atoms with Gasteiger partial charge >= 0.3 is 0 Å². The first-order chi connectivity index (χ1) is 6.20. The highest BCUT2D eigenvalue weighted by molar-refractivity contribution is 5.26. The van der Waals surface area contributed by atoms with E-state index in [1.165, 1.54) is 0 Å². The van der Waals surface area contributed by atoms with Crippen LogP contribution in [0.3, 0.4) is 0 Å². The highest BCUT2D eigenvalue weighted by Gasteiger charge is 2.33. The molecule has 0 aromatic carbocycles. The second-order valence-electron chi connectivity index (χ2n) is 3.54. The number of hydrogen-bond acceptors (Lipinski definition) is 4. The predicted molar refractivity (Wildman–Crippen MR) is 49.5 cm³/mol. The van der Waals surface area contributed by atoms with Crippen molar-refractivity contribution in [2.75, 3.05) is 25.0 Å². The van der Waals surface area contributed by atoms with Gasteiger partial charge in [-0.25, -0.2) is 4.98 Å². The average molecular weight is 182 g/mol. The molecule has 3 N–H and O–H groups in total. The van der Waals surface area contributed by atoms with E-state index in [0.717, 1.165) is 5.95 Å². The normalized spacial score (nSPS) is 19.5. The van der Waals surface area contributed by atoms with Crippen molar-refractivity contribution < 1.29 is 5.11 Å². The molecule has 2 rings (SSSR count). The molecule has 0 atom stereocenters. The molecule has 0 bridgehead atoms. The second kappa shape index (κ2) is 3.01. The number of nitrogens with one attached hydrogen (secondary N) is 2. The molecule has 1 saturated heterocycles. The zero-order chi connectivity index (χ0) is 9.31. The van der Waals surface area contributed by atoms with E-state index in [0.29, 0.717) is 19.6 Å². The molecule has 5 heteroatoms. The van der Waals surface area contributed by atoms with Crippen LogP contribution in [0, 0.1) is 0 Å². The molecule has 72 valence electrons. The number of β-amino-alcohol motifs (C(OH)–C–C–N with tert-alkyl or cyclic N) is 1. The molecule has 0 unspecified atom stereocenters. The van der Waals surface area contributed by atoms with Gasteiger partial charge in [0.2, 0.25) is 5.95 Å². The first-order valence-electron chi connectivity index (χ1n) is 4.34.